The van der Waals surface area contributed by atoms with E-state index in [9.17, 15) is 0 Å². The van der Waals surface area contributed by atoms with E-state index in [1.807, 2.05) is 12.3 Å². The van der Waals surface area contributed by atoms with E-state index in [2.05, 4.69) is 34.5 Å². The normalized spacial score (nSPS) is 24.6. The van der Waals surface area contributed by atoms with Crippen LogP contribution in [0.4, 0.5) is 0 Å². The van der Waals surface area contributed by atoms with E-state index in [1.165, 1.54) is 17.4 Å². The molecule has 2 aromatic heterocycles. The summed E-state index contributed by atoms with van der Waals surface area (Å²) in [5, 5.41) is 4.79. The van der Waals surface area contributed by atoms with Crippen LogP contribution in [0.5, 0.6) is 0 Å². The van der Waals surface area contributed by atoms with E-state index in [1.54, 1.807) is 0 Å². The van der Waals surface area contributed by atoms with Gasteiger partial charge >= 0.3 is 0 Å². The maximum absolute atomic E-state index is 4.28. The molecule has 2 atom stereocenters. The first-order chi connectivity index (χ1) is 7.34. The molecule has 2 N–H and O–H groups in total. The number of nitrogens with one attached hydrogen (secondary N) is 2. The molecule has 1 saturated carbocycles. The highest BCUT2D eigenvalue weighted by atomic mass is 15.0. The number of fused-ring (bicyclic) bond motifs is 1. The summed E-state index contributed by atoms with van der Waals surface area (Å²) in [6, 6.07) is 4.83. The van der Waals surface area contributed by atoms with Gasteiger partial charge in [0.05, 0.1) is 0 Å². The highest BCUT2D eigenvalue weighted by molar-refractivity contribution is 5.79. The average Bonchev–Trinajstić information content (AvgIpc) is 2.81. The van der Waals surface area contributed by atoms with Crippen molar-refractivity contribution >= 4 is 11.0 Å². The molecule has 1 aliphatic rings. The minimum atomic E-state index is 0.728. The van der Waals surface area contributed by atoms with E-state index in [0.29, 0.717) is 0 Å². The second kappa shape index (κ2) is 3.35. The molecule has 1 fully saturated rings. The third-order valence-corrected chi connectivity index (χ3v) is 3.20. The zero-order valence-corrected chi connectivity index (χ0v) is 8.83. The molecule has 0 saturated heterocycles. The van der Waals surface area contributed by atoms with Crippen LogP contribution in [0.3, 0.4) is 0 Å². The lowest BCUT2D eigenvalue weighted by Crippen LogP contribution is -2.16. The number of H-pyrrole nitrogens is 1. The second-order valence-electron chi connectivity index (χ2n) is 4.41. The van der Waals surface area contributed by atoms with Crippen LogP contribution >= 0.6 is 0 Å². The molecule has 0 spiro atoms. The summed E-state index contributed by atoms with van der Waals surface area (Å²) in [6.45, 7) is 3.23. The average molecular weight is 201 g/mol. The van der Waals surface area contributed by atoms with Crippen LogP contribution in [-0.4, -0.2) is 16.0 Å². The Bertz CT molecular complexity index is 474. The van der Waals surface area contributed by atoms with E-state index < -0.39 is 0 Å². The van der Waals surface area contributed by atoms with Crippen LogP contribution in [0.2, 0.25) is 0 Å². The van der Waals surface area contributed by atoms with Gasteiger partial charge in [-0.1, -0.05) is 6.92 Å². The van der Waals surface area contributed by atoms with Crippen LogP contribution in [-0.2, 0) is 6.54 Å². The monoisotopic (exact) mass is 201 g/mol. The predicted molar refractivity (Wildman–Crippen MR) is 60.5 cm³/mol. The molecule has 0 amide bonds. The van der Waals surface area contributed by atoms with E-state index in [4.69, 9.17) is 0 Å². The highest BCUT2D eigenvalue weighted by Gasteiger charge is 2.31. The summed E-state index contributed by atoms with van der Waals surface area (Å²) in [7, 11) is 0. The number of hydrogen-bond acceptors (Lipinski definition) is 2. The van der Waals surface area contributed by atoms with Crippen LogP contribution in [0.15, 0.2) is 24.5 Å². The van der Waals surface area contributed by atoms with Gasteiger partial charge in [-0.05, 0) is 30.0 Å². The first-order valence-corrected chi connectivity index (χ1v) is 5.49. The molecule has 3 heteroatoms. The van der Waals surface area contributed by atoms with Crippen molar-refractivity contribution in [2.75, 3.05) is 0 Å². The number of rotatable bonds is 3. The van der Waals surface area contributed by atoms with E-state index in [0.717, 1.165) is 24.2 Å². The maximum atomic E-state index is 4.28. The van der Waals surface area contributed by atoms with Gasteiger partial charge in [0.25, 0.3) is 0 Å². The zero-order chi connectivity index (χ0) is 10.3. The molecule has 1 aliphatic carbocycles. The SMILES string of the molecule is CC1CC1NCc1c[nH]c2ncccc12. The molecular formula is C12H15N3. The molecule has 0 aliphatic heterocycles. The Morgan fingerprint density at radius 3 is 3.27 bits per heavy atom. The fourth-order valence-electron chi connectivity index (χ4n) is 2.01. The number of nitrogens with zero attached hydrogens (tertiary/aromatic N) is 1. The van der Waals surface area contributed by atoms with Gasteiger partial charge in [-0.2, -0.15) is 0 Å². The molecule has 3 nitrogen and oxygen atoms in total. The number of pyridine rings is 1. The Kier molecular flexibility index (Phi) is 1.99. The lowest BCUT2D eigenvalue weighted by molar-refractivity contribution is 0.655. The smallest absolute Gasteiger partial charge is 0.137 e. The quantitative estimate of drug-likeness (QED) is 0.798. The van der Waals surface area contributed by atoms with Gasteiger partial charge < -0.3 is 10.3 Å². The van der Waals surface area contributed by atoms with Crippen LogP contribution in [0.25, 0.3) is 11.0 Å². The summed E-state index contributed by atoms with van der Waals surface area (Å²) in [5.74, 6) is 0.855. The molecule has 0 aromatic carbocycles. The van der Waals surface area contributed by atoms with E-state index in [-0.39, 0.29) is 0 Å². The van der Waals surface area contributed by atoms with Crippen molar-refractivity contribution in [1.29, 1.82) is 0 Å². The van der Waals surface area contributed by atoms with Crippen molar-refractivity contribution in [3.63, 3.8) is 0 Å². The minimum Gasteiger partial charge on any atom is -0.346 e. The second-order valence-corrected chi connectivity index (χ2v) is 4.41. The Balaban J connectivity index is 1.79. The maximum Gasteiger partial charge on any atom is 0.137 e. The molecule has 0 radical (unpaired) electrons. The molecule has 2 unspecified atom stereocenters. The lowest BCUT2D eigenvalue weighted by Gasteiger charge is -2.01. The first-order valence-electron chi connectivity index (χ1n) is 5.49. The Morgan fingerprint density at radius 1 is 1.60 bits per heavy atom. The van der Waals surface area contributed by atoms with Crippen molar-refractivity contribution in [2.45, 2.75) is 25.9 Å². The van der Waals surface area contributed by atoms with Gasteiger partial charge in [0.15, 0.2) is 0 Å². The Labute approximate surface area is 88.9 Å². The number of aromatic amines is 1. The van der Waals surface area contributed by atoms with Crippen molar-refractivity contribution in [2.24, 2.45) is 5.92 Å². The van der Waals surface area contributed by atoms with Gasteiger partial charge in [0, 0.05) is 30.4 Å². The van der Waals surface area contributed by atoms with Crippen molar-refractivity contribution in [3.8, 4) is 0 Å². The lowest BCUT2D eigenvalue weighted by atomic mass is 10.2. The molecule has 78 valence electrons. The molecule has 2 aromatic rings. The van der Waals surface area contributed by atoms with Gasteiger partial charge in [0.1, 0.15) is 5.65 Å². The fraction of sp³-hybridized carbons (Fsp3) is 0.417. The van der Waals surface area contributed by atoms with Gasteiger partial charge in [-0.15, -0.1) is 0 Å². The topological polar surface area (TPSA) is 40.7 Å². The summed E-state index contributed by atoms with van der Waals surface area (Å²) in [5.41, 5.74) is 2.30. The summed E-state index contributed by atoms with van der Waals surface area (Å²) >= 11 is 0. The predicted octanol–water partition coefficient (Wildman–Crippen LogP) is 2.06. The van der Waals surface area contributed by atoms with Crippen molar-refractivity contribution < 1.29 is 0 Å². The number of hydrogen-bond donors (Lipinski definition) is 2. The number of aromatic nitrogens is 2. The summed E-state index contributed by atoms with van der Waals surface area (Å²) < 4.78 is 0. The summed E-state index contributed by atoms with van der Waals surface area (Å²) in [6.07, 6.45) is 5.19. The standard InChI is InChI=1S/C12H15N3/c1-8-5-11(8)14-6-9-7-15-12-10(9)3-2-4-13-12/h2-4,7-8,11,14H,5-6H2,1H3,(H,13,15). The Hall–Kier alpha value is -1.35. The van der Waals surface area contributed by atoms with Gasteiger partial charge in [0.2, 0.25) is 0 Å². The first kappa shape index (κ1) is 8.92. The largest absolute Gasteiger partial charge is 0.346 e. The molecule has 2 heterocycles. The van der Waals surface area contributed by atoms with E-state index >= 15 is 0 Å². The van der Waals surface area contributed by atoms with Crippen LogP contribution < -0.4 is 5.32 Å². The summed E-state index contributed by atoms with van der Waals surface area (Å²) in [4.78, 5) is 7.47. The van der Waals surface area contributed by atoms with Crippen molar-refractivity contribution in [1.82, 2.24) is 15.3 Å². The van der Waals surface area contributed by atoms with Gasteiger partial charge in [-0.3, -0.25) is 0 Å². The zero-order valence-electron chi connectivity index (χ0n) is 8.83. The van der Waals surface area contributed by atoms with Crippen LogP contribution in [0, 0.1) is 5.92 Å². The molecular weight excluding hydrogens is 186 g/mol. The van der Waals surface area contributed by atoms with Crippen molar-refractivity contribution in [3.05, 3.63) is 30.1 Å². The molecule has 15 heavy (non-hydrogen) atoms. The minimum absolute atomic E-state index is 0.728. The van der Waals surface area contributed by atoms with Crippen LogP contribution in [0.1, 0.15) is 18.9 Å². The molecule has 3 rings (SSSR count). The van der Waals surface area contributed by atoms with Gasteiger partial charge in [-0.25, -0.2) is 4.98 Å². The third-order valence-electron chi connectivity index (χ3n) is 3.20. The third kappa shape index (κ3) is 1.63. The fourth-order valence-corrected chi connectivity index (χ4v) is 2.01. The Morgan fingerprint density at radius 2 is 2.47 bits per heavy atom. The highest BCUT2D eigenvalue weighted by Crippen LogP contribution is 2.29. The molecule has 0 bridgehead atoms.